The first kappa shape index (κ1) is 14.8. The first-order valence-corrected chi connectivity index (χ1v) is 6.86. The summed E-state index contributed by atoms with van der Waals surface area (Å²) in [4.78, 5) is 13.7. The second-order valence-electron chi connectivity index (χ2n) is 5.74. The smallest absolute Gasteiger partial charge is 0.224 e. The molecule has 2 rings (SSSR count). The van der Waals surface area contributed by atoms with Crippen LogP contribution in [0.4, 0.5) is 0 Å². The highest BCUT2D eigenvalue weighted by Crippen LogP contribution is 2.31. The zero-order valence-electron chi connectivity index (χ0n) is 12.2. The number of methoxy groups -OCH3 is 1. The van der Waals surface area contributed by atoms with E-state index in [9.17, 15) is 4.79 Å². The molecule has 1 unspecified atom stereocenters. The number of rotatable bonds is 5. The van der Waals surface area contributed by atoms with Crippen LogP contribution < -0.4 is 16.2 Å². The molecule has 1 amide bonds. The molecule has 1 fully saturated rings. The molecule has 1 saturated heterocycles. The van der Waals surface area contributed by atoms with Crippen LogP contribution in [0.3, 0.4) is 0 Å². The van der Waals surface area contributed by atoms with E-state index in [2.05, 4.69) is 11.0 Å². The molecule has 0 bridgehead atoms. The fraction of sp³-hybridized carbons (Fsp3) is 0.533. The molecular weight excluding hydrogens is 254 g/mol. The van der Waals surface area contributed by atoms with E-state index in [0.29, 0.717) is 13.1 Å². The van der Waals surface area contributed by atoms with Gasteiger partial charge in [0.25, 0.3) is 0 Å². The third kappa shape index (κ3) is 2.94. The Bertz CT molecular complexity index is 504. The molecule has 1 atom stereocenters. The van der Waals surface area contributed by atoms with E-state index in [1.165, 1.54) is 0 Å². The third-order valence-corrected chi connectivity index (χ3v) is 4.12. The van der Waals surface area contributed by atoms with Gasteiger partial charge >= 0.3 is 0 Å². The molecule has 0 aromatic heterocycles. The second kappa shape index (κ2) is 5.81. The standard InChI is InChI=1S/C15H23N3O2/c1-15(14(17)19)5-6-18(10-15)9-11-3-4-12(8-16)13(7-11)20-2/h3-4,7H,5-6,8-10,16H2,1-2H3,(H2,17,19). The fourth-order valence-corrected chi connectivity index (χ4v) is 2.71. The summed E-state index contributed by atoms with van der Waals surface area (Å²) in [5, 5.41) is 0. The molecule has 20 heavy (non-hydrogen) atoms. The molecule has 1 aliphatic rings. The van der Waals surface area contributed by atoms with Crippen LogP contribution >= 0.6 is 0 Å². The van der Waals surface area contributed by atoms with Gasteiger partial charge in [0.1, 0.15) is 5.75 Å². The number of nitrogens with zero attached hydrogens (tertiary/aromatic N) is 1. The van der Waals surface area contributed by atoms with Crippen LogP contribution in [-0.4, -0.2) is 31.0 Å². The molecular formula is C15H23N3O2. The predicted octanol–water partition coefficient (Wildman–Crippen LogP) is 0.851. The molecule has 5 heteroatoms. The third-order valence-electron chi connectivity index (χ3n) is 4.12. The van der Waals surface area contributed by atoms with Crippen molar-refractivity contribution >= 4 is 5.91 Å². The van der Waals surface area contributed by atoms with Gasteiger partial charge < -0.3 is 16.2 Å². The molecule has 1 aromatic carbocycles. The molecule has 0 aliphatic carbocycles. The van der Waals surface area contributed by atoms with Crippen LogP contribution in [0.2, 0.25) is 0 Å². The first-order valence-electron chi connectivity index (χ1n) is 6.86. The Morgan fingerprint density at radius 1 is 1.50 bits per heavy atom. The number of primary amides is 1. The molecule has 0 radical (unpaired) electrons. The van der Waals surface area contributed by atoms with Crippen molar-refractivity contribution in [3.63, 3.8) is 0 Å². The molecule has 5 nitrogen and oxygen atoms in total. The summed E-state index contributed by atoms with van der Waals surface area (Å²) in [7, 11) is 1.65. The maximum atomic E-state index is 11.5. The van der Waals surface area contributed by atoms with Crippen molar-refractivity contribution < 1.29 is 9.53 Å². The second-order valence-corrected chi connectivity index (χ2v) is 5.74. The Morgan fingerprint density at radius 3 is 2.80 bits per heavy atom. The summed E-state index contributed by atoms with van der Waals surface area (Å²) in [5.74, 6) is 0.609. The maximum absolute atomic E-state index is 11.5. The Kier molecular flexibility index (Phi) is 4.30. The van der Waals surface area contributed by atoms with E-state index < -0.39 is 5.41 Å². The highest BCUT2D eigenvalue weighted by atomic mass is 16.5. The van der Waals surface area contributed by atoms with Crippen LogP contribution in [0.5, 0.6) is 5.75 Å². The number of carbonyl (C=O) groups is 1. The van der Waals surface area contributed by atoms with Gasteiger partial charge in [-0.15, -0.1) is 0 Å². The van der Waals surface area contributed by atoms with Crippen molar-refractivity contribution in [3.8, 4) is 5.75 Å². The Hall–Kier alpha value is -1.59. The summed E-state index contributed by atoms with van der Waals surface area (Å²) in [5.41, 5.74) is 12.9. The highest BCUT2D eigenvalue weighted by molar-refractivity contribution is 5.81. The van der Waals surface area contributed by atoms with Crippen LogP contribution in [0, 0.1) is 5.41 Å². The van der Waals surface area contributed by atoms with Gasteiger partial charge in [-0.2, -0.15) is 0 Å². The van der Waals surface area contributed by atoms with Gasteiger partial charge in [0, 0.05) is 25.2 Å². The SMILES string of the molecule is COc1cc(CN2CCC(C)(C(N)=O)C2)ccc1CN. The van der Waals surface area contributed by atoms with Crippen molar-refractivity contribution in [2.24, 2.45) is 16.9 Å². The summed E-state index contributed by atoms with van der Waals surface area (Å²) in [6, 6.07) is 6.07. The zero-order valence-corrected chi connectivity index (χ0v) is 12.2. The van der Waals surface area contributed by atoms with E-state index in [1.807, 2.05) is 19.1 Å². The van der Waals surface area contributed by atoms with E-state index in [-0.39, 0.29) is 5.91 Å². The minimum atomic E-state index is -0.402. The van der Waals surface area contributed by atoms with Crippen LogP contribution in [-0.2, 0) is 17.9 Å². The van der Waals surface area contributed by atoms with Crippen molar-refractivity contribution in [1.29, 1.82) is 0 Å². The van der Waals surface area contributed by atoms with Crippen LogP contribution in [0.25, 0.3) is 0 Å². The zero-order chi connectivity index (χ0) is 14.8. The molecule has 0 saturated carbocycles. The first-order chi connectivity index (χ1) is 9.48. The number of ether oxygens (including phenoxy) is 1. The van der Waals surface area contributed by atoms with E-state index in [0.717, 1.165) is 36.4 Å². The van der Waals surface area contributed by atoms with Gasteiger partial charge in [-0.1, -0.05) is 12.1 Å². The highest BCUT2D eigenvalue weighted by Gasteiger charge is 2.38. The average molecular weight is 277 g/mol. The van der Waals surface area contributed by atoms with Gasteiger partial charge in [-0.25, -0.2) is 0 Å². The Labute approximate surface area is 119 Å². The predicted molar refractivity (Wildman–Crippen MR) is 78.1 cm³/mol. The molecule has 110 valence electrons. The normalized spacial score (nSPS) is 22.9. The number of hydrogen-bond acceptors (Lipinski definition) is 4. The molecule has 0 spiro atoms. The van der Waals surface area contributed by atoms with Crippen molar-refractivity contribution in [3.05, 3.63) is 29.3 Å². The van der Waals surface area contributed by atoms with E-state index in [4.69, 9.17) is 16.2 Å². The summed E-state index contributed by atoms with van der Waals surface area (Å²) in [6.45, 7) is 4.80. The number of likely N-dealkylation sites (tertiary alicyclic amines) is 1. The minimum Gasteiger partial charge on any atom is -0.496 e. The summed E-state index contributed by atoms with van der Waals surface area (Å²) < 4.78 is 5.35. The van der Waals surface area contributed by atoms with Crippen LogP contribution in [0.15, 0.2) is 18.2 Å². The lowest BCUT2D eigenvalue weighted by Gasteiger charge is -2.21. The lowest BCUT2D eigenvalue weighted by molar-refractivity contribution is -0.126. The van der Waals surface area contributed by atoms with Crippen molar-refractivity contribution in [2.45, 2.75) is 26.4 Å². The van der Waals surface area contributed by atoms with Gasteiger partial charge in [-0.3, -0.25) is 9.69 Å². The number of hydrogen-bond donors (Lipinski definition) is 2. The quantitative estimate of drug-likeness (QED) is 0.836. The summed E-state index contributed by atoms with van der Waals surface area (Å²) in [6.07, 6.45) is 0.820. The topological polar surface area (TPSA) is 81.6 Å². The minimum absolute atomic E-state index is 0.212. The van der Waals surface area contributed by atoms with Gasteiger partial charge in [-0.05, 0) is 31.5 Å². The van der Waals surface area contributed by atoms with Crippen molar-refractivity contribution in [2.75, 3.05) is 20.2 Å². The van der Waals surface area contributed by atoms with E-state index in [1.54, 1.807) is 7.11 Å². The largest absolute Gasteiger partial charge is 0.496 e. The van der Waals surface area contributed by atoms with Crippen molar-refractivity contribution in [1.82, 2.24) is 4.90 Å². The Balaban J connectivity index is 2.06. The number of nitrogens with two attached hydrogens (primary N) is 2. The fourth-order valence-electron chi connectivity index (χ4n) is 2.71. The van der Waals surface area contributed by atoms with E-state index >= 15 is 0 Å². The van der Waals surface area contributed by atoms with Gasteiger partial charge in [0.15, 0.2) is 0 Å². The monoisotopic (exact) mass is 277 g/mol. The van der Waals surface area contributed by atoms with Crippen LogP contribution in [0.1, 0.15) is 24.5 Å². The molecule has 1 heterocycles. The maximum Gasteiger partial charge on any atom is 0.224 e. The number of carbonyl (C=O) groups excluding carboxylic acids is 1. The number of benzene rings is 1. The van der Waals surface area contributed by atoms with Gasteiger partial charge in [0.05, 0.1) is 12.5 Å². The Morgan fingerprint density at radius 2 is 2.25 bits per heavy atom. The molecule has 1 aliphatic heterocycles. The molecule has 1 aromatic rings. The van der Waals surface area contributed by atoms with Gasteiger partial charge in [0.2, 0.25) is 5.91 Å². The summed E-state index contributed by atoms with van der Waals surface area (Å²) >= 11 is 0. The lowest BCUT2D eigenvalue weighted by Crippen LogP contribution is -2.36. The average Bonchev–Trinajstić information content (AvgIpc) is 2.81. The lowest BCUT2D eigenvalue weighted by atomic mass is 9.89. The molecule has 4 N–H and O–H groups in total. The number of amides is 1.